The molecule has 2 aliphatic rings. The average Bonchev–Trinajstić information content (AvgIpc) is 2.08. The van der Waals surface area contributed by atoms with Gasteiger partial charge < -0.3 is 5.11 Å². The number of fused-ring (bicyclic) bond motifs is 1. The lowest BCUT2D eigenvalue weighted by atomic mass is 9.56. The fraction of sp³-hybridized carbons (Fsp3) is 1.00. The lowest BCUT2D eigenvalue weighted by Crippen LogP contribution is -2.42. The zero-order valence-corrected chi connectivity index (χ0v) is 8.92. The number of hydrogen-bond acceptors (Lipinski definition) is 1. The molecule has 0 radical (unpaired) electrons. The first-order valence-electron chi connectivity index (χ1n) is 5.80. The first-order chi connectivity index (χ1) is 6.12. The zero-order valence-electron chi connectivity index (χ0n) is 8.92. The van der Waals surface area contributed by atoms with Gasteiger partial charge in [-0.15, -0.1) is 0 Å². The van der Waals surface area contributed by atoms with Crippen molar-refractivity contribution in [2.24, 2.45) is 17.3 Å². The number of aliphatic hydroxyl groups excluding tert-OH is 1. The van der Waals surface area contributed by atoms with E-state index in [1.54, 1.807) is 0 Å². The average molecular weight is 182 g/mol. The molecule has 2 fully saturated rings. The van der Waals surface area contributed by atoms with Crippen molar-refractivity contribution in [2.75, 3.05) is 0 Å². The maximum absolute atomic E-state index is 9.68. The molecule has 1 heteroatoms. The van der Waals surface area contributed by atoms with Crippen molar-refractivity contribution in [3.8, 4) is 0 Å². The summed E-state index contributed by atoms with van der Waals surface area (Å²) in [6.45, 7) is 4.82. The van der Waals surface area contributed by atoms with Crippen LogP contribution in [-0.2, 0) is 0 Å². The Morgan fingerprint density at radius 1 is 1.23 bits per heavy atom. The van der Waals surface area contributed by atoms with Crippen LogP contribution < -0.4 is 0 Å². The van der Waals surface area contributed by atoms with Gasteiger partial charge in [0.15, 0.2) is 0 Å². The van der Waals surface area contributed by atoms with E-state index < -0.39 is 0 Å². The van der Waals surface area contributed by atoms with E-state index in [1.165, 1.54) is 25.7 Å². The van der Waals surface area contributed by atoms with Crippen molar-refractivity contribution in [3.05, 3.63) is 0 Å². The summed E-state index contributed by atoms with van der Waals surface area (Å²) in [4.78, 5) is 0. The Labute approximate surface area is 81.5 Å². The van der Waals surface area contributed by atoms with Crippen molar-refractivity contribution in [2.45, 2.75) is 58.5 Å². The third-order valence-electron chi connectivity index (χ3n) is 4.56. The fourth-order valence-corrected chi connectivity index (χ4v) is 3.64. The third kappa shape index (κ3) is 1.63. The van der Waals surface area contributed by atoms with Crippen LogP contribution in [0.2, 0.25) is 0 Å². The fourth-order valence-electron chi connectivity index (χ4n) is 3.64. The molecule has 1 unspecified atom stereocenters. The smallest absolute Gasteiger partial charge is 0.0543 e. The van der Waals surface area contributed by atoms with Crippen LogP contribution in [0.3, 0.4) is 0 Å². The molecule has 0 aromatic heterocycles. The van der Waals surface area contributed by atoms with E-state index in [0.29, 0.717) is 5.41 Å². The van der Waals surface area contributed by atoms with Crippen LogP contribution >= 0.6 is 0 Å². The van der Waals surface area contributed by atoms with E-state index in [2.05, 4.69) is 13.8 Å². The molecule has 2 saturated carbocycles. The van der Waals surface area contributed by atoms with E-state index in [4.69, 9.17) is 0 Å². The highest BCUT2D eigenvalue weighted by molar-refractivity contribution is 4.94. The van der Waals surface area contributed by atoms with E-state index in [0.717, 1.165) is 24.7 Å². The highest BCUT2D eigenvalue weighted by Gasteiger charge is 2.43. The third-order valence-corrected chi connectivity index (χ3v) is 4.56. The first kappa shape index (κ1) is 9.51. The molecule has 4 atom stereocenters. The molecular formula is C12H22O. The molecule has 76 valence electrons. The molecule has 2 rings (SSSR count). The van der Waals surface area contributed by atoms with E-state index in [1.807, 2.05) is 0 Å². The van der Waals surface area contributed by atoms with E-state index in [-0.39, 0.29) is 6.10 Å². The standard InChI is InChI=1S/C12H22O/c1-9-4-3-6-12(2)7-5-10(13)8-11(9)12/h9-11,13H,3-8H2,1-2H3/t9-,10?,11+,12-/m0/s1. The maximum Gasteiger partial charge on any atom is 0.0543 e. The second kappa shape index (κ2) is 3.27. The summed E-state index contributed by atoms with van der Waals surface area (Å²) in [7, 11) is 0. The first-order valence-corrected chi connectivity index (χ1v) is 5.80. The Hall–Kier alpha value is -0.0400. The van der Waals surface area contributed by atoms with Crippen molar-refractivity contribution in [1.29, 1.82) is 0 Å². The van der Waals surface area contributed by atoms with Gasteiger partial charge in [-0.2, -0.15) is 0 Å². The van der Waals surface area contributed by atoms with Crippen LogP contribution in [0.25, 0.3) is 0 Å². The van der Waals surface area contributed by atoms with Crippen LogP contribution in [0.1, 0.15) is 52.4 Å². The monoisotopic (exact) mass is 182 g/mol. The minimum atomic E-state index is -0.00127. The number of rotatable bonds is 0. The van der Waals surface area contributed by atoms with Crippen molar-refractivity contribution in [3.63, 3.8) is 0 Å². The molecule has 0 aromatic rings. The van der Waals surface area contributed by atoms with Gasteiger partial charge in [0, 0.05) is 0 Å². The predicted molar refractivity (Wildman–Crippen MR) is 54.5 cm³/mol. The van der Waals surface area contributed by atoms with Gasteiger partial charge in [-0.25, -0.2) is 0 Å². The molecule has 0 bridgehead atoms. The Morgan fingerprint density at radius 3 is 2.77 bits per heavy atom. The second-order valence-corrected chi connectivity index (χ2v) is 5.56. The summed E-state index contributed by atoms with van der Waals surface area (Å²) >= 11 is 0. The molecule has 0 saturated heterocycles. The van der Waals surface area contributed by atoms with Crippen molar-refractivity contribution in [1.82, 2.24) is 0 Å². The number of aliphatic hydroxyl groups is 1. The highest BCUT2D eigenvalue weighted by atomic mass is 16.3. The normalized spacial score (nSPS) is 51.5. The zero-order chi connectivity index (χ0) is 9.47. The molecule has 2 aliphatic carbocycles. The van der Waals surface area contributed by atoms with Crippen LogP contribution in [0, 0.1) is 17.3 Å². The maximum atomic E-state index is 9.68. The molecule has 1 nitrogen and oxygen atoms in total. The van der Waals surface area contributed by atoms with Gasteiger partial charge in [-0.1, -0.05) is 26.7 Å². The molecular weight excluding hydrogens is 160 g/mol. The summed E-state index contributed by atoms with van der Waals surface area (Å²) in [5.74, 6) is 1.64. The molecule has 13 heavy (non-hydrogen) atoms. The summed E-state index contributed by atoms with van der Waals surface area (Å²) in [6, 6.07) is 0. The molecule has 0 aliphatic heterocycles. The summed E-state index contributed by atoms with van der Waals surface area (Å²) < 4.78 is 0. The van der Waals surface area contributed by atoms with Gasteiger partial charge in [0.05, 0.1) is 6.10 Å². The summed E-state index contributed by atoms with van der Waals surface area (Å²) in [6.07, 6.45) is 7.55. The highest BCUT2D eigenvalue weighted by Crippen LogP contribution is 2.52. The largest absolute Gasteiger partial charge is 0.393 e. The van der Waals surface area contributed by atoms with Crippen LogP contribution in [0.15, 0.2) is 0 Å². The van der Waals surface area contributed by atoms with Gasteiger partial charge in [-0.05, 0) is 42.9 Å². The van der Waals surface area contributed by atoms with E-state index >= 15 is 0 Å². The van der Waals surface area contributed by atoms with Gasteiger partial charge in [0.2, 0.25) is 0 Å². The minimum Gasteiger partial charge on any atom is -0.393 e. The van der Waals surface area contributed by atoms with E-state index in [9.17, 15) is 5.11 Å². The topological polar surface area (TPSA) is 20.2 Å². The number of hydrogen-bond donors (Lipinski definition) is 1. The van der Waals surface area contributed by atoms with Gasteiger partial charge in [0.1, 0.15) is 0 Å². The van der Waals surface area contributed by atoms with Gasteiger partial charge >= 0.3 is 0 Å². The Kier molecular flexibility index (Phi) is 2.39. The SMILES string of the molecule is C[C@H]1CCC[C@@]2(C)CCC(O)C[C@H]12. The Bertz CT molecular complexity index is 190. The van der Waals surface area contributed by atoms with Crippen LogP contribution in [0.5, 0.6) is 0 Å². The summed E-state index contributed by atoms with van der Waals surface area (Å²) in [5, 5.41) is 9.68. The summed E-state index contributed by atoms with van der Waals surface area (Å²) in [5.41, 5.74) is 0.566. The second-order valence-electron chi connectivity index (χ2n) is 5.56. The Morgan fingerprint density at radius 2 is 2.00 bits per heavy atom. The predicted octanol–water partition coefficient (Wildman–Crippen LogP) is 2.97. The Balaban J connectivity index is 2.13. The van der Waals surface area contributed by atoms with Gasteiger partial charge in [-0.3, -0.25) is 0 Å². The molecule has 1 N–H and O–H groups in total. The minimum absolute atomic E-state index is 0.00127. The molecule has 0 amide bonds. The quantitative estimate of drug-likeness (QED) is 0.610. The molecule has 0 aromatic carbocycles. The van der Waals surface area contributed by atoms with Crippen molar-refractivity contribution < 1.29 is 5.11 Å². The lowest BCUT2D eigenvalue weighted by Gasteiger charge is -2.49. The van der Waals surface area contributed by atoms with Crippen LogP contribution in [-0.4, -0.2) is 11.2 Å². The van der Waals surface area contributed by atoms with Crippen molar-refractivity contribution >= 4 is 0 Å². The van der Waals surface area contributed by atoms with Gasteiger partial charge in [0.25, 0.3) is 0 Å². The molecule has 0 heterocycles. The van der Waals surface area contributed by atoms with Crippen LogP contribution in [0.4, 0.5) is 0 Å². The molecule has 0 spiro atoms. The lowest BCUT2D eigenvalue weighted by molar-refractivity contribution is -0.0341.